The number of carbonyl (C=O) groups is 1. The van der Waals surface area contributed by atoms with Crippen LogP contribution in [0.4, 0.5) is 0 Å². The van der Waals surface area contributed by atoms with Crippen LogP contribution in [0.25, 0.3) is 10.1 Å². The van der Waals surface area contributed by atoms with Gasteiger partial charge in [-0.1, -0.05) is 12.1 Å². The molecule has 1 saturated carbocycles. The zero-order chi connectivity index (χ0) is 15.6. The number of piperidine rings is 3. The molecule has 3 saturated heterocycles. The highest BCUT2D eigenvalue weighted by Crippen LogP contribution is 2.58. The van der Waals surface area contributed by atoms with E-state index in [2.05, 4.69) is 30.0 Å². The summed E-state index contributed by atoms with van der Waals surface area (Å²) in [6, 6.07) is 8.49. The molecule has 4 fully saturated rings. The van der Waals surface area contributed by atoms with Crippen LogP contribution in [0, 0.1) is 18.8 Å². The van der Waals surface area contributed by atoms with Crippen molar-refractivity contribution in [3.05, 3.63) is 34.7 Å². The summed E-state index contributed by atoms with van der Waals surface area (Å²) in [6.45, 7) is 4.68. The third kappa shape index (κ3) is 2.13. The van der Waals surface area contributed by atoms with Gasteiger partial charge < -0.3 is 0 Å². The molecule has 6 rings (SSSR count). The molecule has 1 aromatic heterocycles. The van der Waals surface area contributed by atoms with E-state index in [-0.39, 0.29) is 0 Å². The van der Waals surface area contributed by atoms with Gasteiger partial charge in [-0.15, -0.1) is 11.3 Å². The number of ketones is 1. The Labute approximate surface area is 141 Å². The fourth-order valence-electron chi connectivity index (χ4n) is 5.25. The zero-order valence-electron chi connectivity index (χ0n) is 13.7. The Kier molecular flexibility index (Phi) is 3.02. The standard InChI is InChI=1S/C20H23NOS/c1-13-10-16-3-2-15(11-19(16)23-13)18(22)12-17-14-4-8-21(9-5-14)20(17)6-7-20/h2-3,10-11,14,17H,4-9,12H2,1H3/t17-/m1/s1. The maximum atomic E-state index is 12.9. The lowest BCUT2D eigenvalue weighted by atomic mass is 9.69. The molecular formula is C20H23NOS. The van der Waals surface area contributed by atoms with Crippen LogP contribution in [0.5, 0.6) is 0 Å². The highest BCUT2D eigenvalue weighted by Gasteiger charge is 2.60. The minimum atomic E-state index is 0.364. The van der Waals surface area contributed by atoms with Gasteiger partial charge in [-0.25, -0.2) is 0 Å². The smallest absolute Gasteiger partial charge is 0.163 e. The van der Waals surface area contributed by atoms with Crippen LogP contribution in [-0.4, -0.2) is 29.3 Å². The van der Waals surface area contributed by atoms with Crippen molar-refractivity contribution in [2.75, 3.05) is 13.1 Å². The van der Waals surface area contributed by atoms with E-state index in [0.29, 0.717) is 17.2 Å². The highest BCUT2D eigenvalue weighted by molar-refractivity contribution is 7.19. The topological polar surface area (TPSA) is 20.3 Å². The Balaban J connectivity index is 1.42. The van der Waals surface area contributed by atoms with Gasteiger partial charge in [0.25, 0.3) is 0 Å². The van der Waals surface area contributed by atoms with Crippen molar-refractivity contribution >= 4 is 27.2 Å². The van der Waals surface area contributed by atoms with Crippen LogP contribution in [0.2, 0.25) is 0 Å². The first-order valence-corrected chi connectivity index (χ1v) is 9.76. The van der Waals surface area contributed by atoms with E-state index in [1.807, 2.05) is 6.07 Å². The molecule has 1 atom stereocenters. The molecule has 1 aliphatic carbocycles. The summed E-state index contributed by atoms with van der Waals surface area (Å²) in [5.74, 6) is 1.76. The lowest BCUT2D eigenvalue weighted by molar-refractivity contribution is -0.0274. The largest absolute Gasteiger partial charge is 0.297 e. The van der Waals surface area contributed by atoms with Crippen molar-refractivity contribution in [2.24, 2.45) is 11.8 Å². The molecule has 2 aromatic rings. The number of hydrogen-bond acceptors (Lipinski definition) is 3. The monoisotopic (exact) mass is 325 g/mol. The van der Waals surface area contributed by atoms with Crippen LogP contribution in [0.3, 0.4) is 0 Å². The molecule has 120 valence electrons. The van der Waals surface area contributed by atoms with E-state index >= 15 is 0 Å². The molecule has 1 aromatic carbocycles. The van der Waals surface area contributed by atoms with Crippen molar-refractivity contribution in [1.82, 2.24) is 4.90 Å². The average Bonchev–Trinajstić information content (AvgIpc) is 3.24. The summed E-state index contributed by atoms with van der Waals surface area (Å²) in [4.78, 5) is 17.0. The molecule has 0 N–H and O–H groups in total. The van der Waals surface area contributed by atoms with Crippen molar-refractivity contribution in [1.29, 1.82) is 0 Å². The van der Waals surface area contributed by atoms with Crippen LogP contribution < -0.4 is 0 Å². The molecule has 0 radical (unpaired) electrons. The minimum absolute atomic E-state index is 0.364. The third-order valence-electron chi connectivity index (χ3n) is 6.56. The molecule has 4 heterocycles. The summed E-state index contributed by atoms with van der Waals surface area (Å²) in [5, 5.41) is 1.27. The summed E-state index contributed by atoms with van der Waals surface area (Å²) in [7, 11) is 0. The van der Waals surface area contributed by atoms with Crippen LogP contribution >= 0.6 is 11.3 Å². The number of nitrogens with zero attached hydrogens (tertiary/aromatic N) is 1. The number of thiophene rings is 1. The number of benzene rings is 1. The Morgan fingerprint density at radius 1 is 1.26 bits per heavy atom. The molecule has 3 heteroatoms. The van der Waals surface area contributed by atoms with Crippen molar-refractivity contribution in [3.8, 4) is 0 Å². The van der Waals surface area contributed by atoms with Crippen LogP contribution in [-0.2, 0) is 0 Å². The molecular weight excluding hydrogens is 302 g/mol. The minimum Gasteiger partial charge on any atom is -0.297 e. The zero-order valence-corrected chi connectivity index (χ0v) is 14.5. The first-order valence-electron chi connectivity index (χ1n) is 8.94. The van der Waals surface area contributed by atoms with E-state index in [9.17, 15) is 4.79 Å². The Hall–Kier alpha value is -1.19. The number of Topliss-reactive ketones (excluding diaryl/α,β-unsaturated/α-hetero) is 1. The lowest BCUT2D eigenvalue weighted by Gasteiger charge is -2.52. The van der Waals surface area contributed by atoms with Crippen molar-refractivity contribution in [3.63, 3.8) is 0 Å². The molecule has 1 spiro atoms. The van der Waals surface area contributed by atoms with E-state index in [4.69, 9.17) is 0 Å². The molecule has 3 aliphatic heterocycles. The van der Waals surface area contributed by atoms with E-state index in [0.717, 1.165) is 17.9 Å². The van der Waals surface area contributed by atoms with Gasteiger partial charge in [0.1, 0.15) is 0 Å². The first-order chi connectivity index (χ1) is 11.2. The van der Waals surface area contributed by atoms with E-state index in [1.54, 1.807) is 11.3 Å². The number of fused-ring (bicyclic) bond motifs is 3. The van der Waals surface area contributed by atoms with Crippen molar-refractivity contribution < 1.29 is 4.79 Å². The van der Waals surface area contributed by atoms with Gasteiger partial charge in [0.15, 0.2) is 5.78 Å². The fourth-order valence-corrected chi connectivity index (χ4v) is 6.21. The molecule has 23 heavy (non-hydrogen) atoms. The van der Waals surface area contributed by atoms with Gasteiger partial charge in [-0.2, -0.15) is 0 Å². The summed E-state index contributed by atoms with van der Waals surface area (Å²) >= 11 is 1.79. The molecule has 4 aliphatic rings. The highest BCUT2D eigenvalue weighted by atomic mass is 32.1. The summed E-state index contributed by atoms with van der Waals surface area (Å²) in [6.07, 6.45) is 6.03. The van der Waals surface area contributed by atoms with Crippen molar-refractivity contribution in [2.45, 2.75) is 44.6 Å². The van der Waals surface area contributed by atoms with Crippen LogP contribution in [0.15, 0.2) is 24.3 Å². The van der Waals surface area contributed by atoms with Gasteiger partial charge in [0.05, 0.1) is 0 Å². The Morgan fingerprint density at radius 3 is 2.78 bits per heavy atom. The van der Waals surface area contributed by atoms with E-state index in [1.165, 1.54) is 53.7 Å². The SMILES string of the molecule is Cc1cc2ccc(C(=O)C[C@@H]3C4CCN(CC4)C34CC4)cc2s1. The number of carbonyl (C=O) groups excluding carboxylic acids is 1. The Morgan fingerprint density at radius 2 is 2.04 bits per heavy atom. The molecule has 0 amide bonds. The number of aryl methyl sites for hydroxylation is 1. The molecule has 2 nitrogen and oxygen atoms in total. The Bertz CT molecular complexity index is 780. The first kappa shape index (κ1) is 14.2. The predicted molar refractivity (Wildman–Crippen MR) is 95.3 cm³/mol. The quantitative estimate of drug-likeness (QED) is 0.765. The summed E-state index contributed by atoms with van der Waals surface area (Å²) in [5.41, 5.74) is 1.34. The predicted octanol–water partition coefficient (Wildman–Crippen LogP) is 4.66. The van der Waals surface area contributed by atoms with Gasteiger partial charge in [0, 0.05) is 27.1 Å². The normalized spacial score (nSPS) is 30.9. The molecule has 2 bridgehead atoms. The van der Waals surface area contributed by atoms with E-state index < -0.39 is 0 Å². The average molecular weight is 325 g/mol. The third-order valence-corrected chi connectivity index (χ3v) is 7.57. The number of rotatable bonds is 3. The lowest BCUT2D eigenvalue weighted by Crippen LogP contribution is -2.57. The summed E-state index contributed by atoms with van der Waals surface area (Å²) < 4.78 is 1.25. The maximum Gasteiger partial charge on any atom is 0.163 e. The van der Waals surface area contributed by atoms with Gasteiger partial charge in [0.2, 0.25) is 0 Å². The second-order valence-corrected chi connectivity index (χ2v) is 9.06. The second kappa shape index (κ2) is 4.90. The van der Waals surface area contributed by atoms with Gasteiger partial charge >= 0.3 is 0 Å². The maximum absolute atomic E-state index is 12.9. The van der Waals surface area contributed by atoms with Gasteiger partial charge in [-0.3, -0.25) is 9.69 Å². The molecule has 0 unspecified atom stereocenters. The fraction of sp³-hybridized carbons (Fsp3) is 0.550. The number of hydrogen-bond donors (Lipinski definition) is 0. The van der Waals surface area contributed by atoms with Crippen LogP contribution in [0.1, 0.15) is 47.3 Å². The second-order valence-electron chi connectivity index (χ2n) is 7.77. The van der Waals surface area contributed by atoms with Gasteiger partial charge in [-0.05, 0) is 75.1 Å².